The average Bonchev–Trinajstić information content (AvgIpc) is 3.19. The quantitative estimate of drug-likeness (QED) is 0.534. The predicted molar refractivity (Wildman–Crippen MR) is 125 cm³/mol. The summed E-state index contributed by atoms with van der Waals surface area (Å²) in [6.45, 7) is 5.31. The van der Waals surface area contributed by atoms with Crippen molar-refractivity contribution in [3.63, 3.8) is 0 Å². The molecule has 1 aromatic heterocycles. The lowest BCUT2D eigenvalue weighted by Crippen LogP contribution is -2.55. The first kappa shape index (κ1) is 21.0. The summed E-state index contributed by atoms with van der Waals surface area (Å²) in [7, 11) is 0. The molecule has 3 aromatic rings. The Morgan fingerprint density at radius 3 is 2.56 bits per heavy atom. The zero-order chi connectivity index (χ0) is 24.0. The highest BCUT2D eigenvalue weighted by Gasteiger charge is 2.61. The number of carbonyl (C=O) groups is 2. The van der Waals surface area contributed by atoms with Gasteiger partial charge in [-0.05, 0) is 39.0 Å². The molecule has 4 atom stereocenters. The second-order valence-corrected chi connectivity index (χ2v) is 9.90. The van der Waals surface area contributed by atoms with Crippen LogP contribution < -0.4 is 21.1 Å². The first-order valence-electron chi connectivity index (χ1n) is 11.4. The Labute approximate surface area is 195 Å². The molecule has 34 heavy (non-hydrogen) atoms. The largest absolute Gasteiger partial charge is 0.381 e. The zero-order valence-corrected chi connectivity index (χ0v) is 19.1. The van der Waals surface area contributed by atoms with Gasteiger partial charge in [0, 0.05) is 12.0 Å². The Hall–Kier alpha value is -3.56. The summed E-state index contributed by atoms with van der Waals surface area (Å²) >= 11 is 0. The number of rotatable bonds is 2. The highest BCUT2D eigenvalue weighted by Crippen LogP contribution is 2.50. The summed E-state index contributed by atoms with van der Waals surface area (Å²) in [6, 6.07) is 12.7. The zero-order valence-electron chi connectivity index (χ0n) is 19.1. The van der Waals surface area contributed by atoms with Gasteiger partial charge in [-0.15, -0.1) is 0 Å². The van der Waals surface area contributed by atoms with Crippen molar-refractivity contribution >= 4 is 28.4 Å². The number of hydrogen-bond donors (Lipinski definition) is 3. The van der Waals surface area contributed by atoms with E-state index in [2.05, 4.69) is 15.6 Å². The molecular formula is C25H25N5O4. The van der Waals surface area contributed by atoms with Crippen molar-refractivity contribution in [2.75, 3.05) is 4.90 Å². The lowest BCUT2D eigenvalue weighted by atomic mass is 9.85. The van der Waals surface area contributed by atoms with Gasteiger partial charge in [0.25, 0.3) is 5.56 Å². The Morgan fingerprint density at radius 1 is 1.06 bits per heavy atom. The molecule has 1 saturated heterocycles. The third kappa shape index (κ3) is 2.62. The number of aromatic nitrogens is 2. The molecule has 4 heterocycles. The van der Waals surface area contributed by atoms with E-state index in [9.17, 15) is 19.5 Å². The molecular weight excluding hydrogens is 434 g/mol. The highest BCUT2D eigenvalue weighted by atomic mass is 16.3. The standard InChI is InChI=1S/C25H25N5O4/c1-13-19-27-16-10-6-4-8-14(16)21(32)29(19)18(20(31)26-13)12-25(34)15-9-5-7-11-17(15)30-22(25)28-24(2,3)23(30)33/h4-11,13,18,22,28,34H,12H2,1-3H3,(H,26,31)/t13-,18+,22+,25-/m0/s1. The molecule has 0 radical (unpaired) electrons. The smallest absolute Gasteiger partial charge is 0.262 e. The maximum atomic E-state index is 13.6. The molecule has 6 rings (SSSR count). The summed E-state index contributed by atoms with van der Waals surface area (Å²) in [5.41, 5.74) is -1.11. The SMILES string of the molecule is C[C@@H]1NC(=O)[C@@H](C[C@]2(O)c3ccccc3N3C(=O)C(C)(C)N[C@H]32)n2c1nc1ccccc1c2=O. The molecule has 0 spiro atoms. The van der Waals surface area contributed by atoms with Crippen LogP contribution in [0.5, 0.6) is 0 Å². The van der Waals surface area contributed by atoms with E-state index in [1.54, 1.807) is 62.1 Å². The number of nitrogens with one attached hydrogen (secondary N) is 2. The lowest BCUT2D eigenvalue weighted by molar-refractivity contribution is -0.129. The number of carbonyl (C=O) groups excluding carboxylic acids is 2. The van der Waals surface area contributed by atoms with Gasteiger partial charge in [-0.25, -0.2) is 4.98 Å². The number of para-hydroxylation sites is 2. The van der Waals surface area contributed by atoms with Gasteiger partial charge < -0.3 is 10.4 Å². The van der Waals surface area contributed by atoms with Crippen LogP contribution in [0.2, 0.25) is 0 Å². The Bertz CT molecular complexity index is 1450. The number of amides is 2. The fourth-order valence-electron chi connectivity index (χ4n) is 5.63. The Morgan fingerprint density at radius 2 is 1.76 bits per heavy atom. The van der Waals surface area contributed by atoms with Crippen LogP contribution in [0.3, 0.4) is 0 Å². The molecule has 3 N–H and O–H groups in total. The minimum atomic E-state index is -1.61. The van der Waals surface area contributed by atoms with Crippen molar-refractivity contribution in [2.24, 2.45) is 0 Å². The molecule has 3 aliphatic rings. The second kappa shape index (κ2) is 6.74. The molecule has 0 saturated carbocycles. The summed E-state index contributed by atoms with van der Waals surface area (Å²) in [5.74, 6) is -0.0873. The summed E-state index contributed by atoms with van der Waals surface area (Å²) in [5, 5.41) is 18.7. The maximum absolute atomic E-state index is 13.6. The third-order valence-corrected chi connectivity index (χ3v) is 7.29. The van der Waals surface area contributed by atoms with Crippen LogP contribution >= 0.6 is 0 Å². The van der Waals surface area contributed by atoms with Gasteiger partial charge in [0.2, 0.25) is 11.8 Å². The minimum Gasteiger partial charge on any atom is -0.381 e. The van der Waals surface area contributed by atoms with Crippen LogP contribution in [0.4, 0.5) is 5.69 Å². The van der Waals surface area contributed by atoms with Gasteiger partial charge in [-0.1, -0.05) is 30.3 Å². The van der Waals surface area contributed by atoms with E-state index in [4.69, 9.17) is 0 Å². The van der Waals surface area contributed by atoms with Crippen LogP contribution in [-0.4, -0.2) is 38.2 Å². The van der Waals surface area contributed by atoms with Gasteiger partial charge in [-0.2, -0.15) is 0 Å². The van der Waals surface area contributed by atoms with E-state index < -0.39 is 29.4 Å². The number of anilines is 1. The van der Waals surface area contributed by atoms with Crippen LogP contribution in [-0.2, 0) is 15.2 Å². The molecule has 2 aromatic carbocycles. The van der Waals surface area contributed by atoms with Crippen LogP contribution in [0, 0.1) is 0 Å². The van der Waals surface area contributed by atoms with E-state index in [0.29, 0.717) is 28.0 Å². The van der Waals surface area contributed by atoms with Crippen LogP contribution in [0.1, 0.15) is 50.7 Å². The average molecular weight is 460 g/mol. The van der Waals surface area contributed by atoms with Gasteiger partial charge in [-0.3, -0.25) is 29.2 Å². The van der Waals surface area contributed by atoms with Crippen molar-refractivity contribution < 1.29 is 14.7 Å². The molecule has 0 aliphatic carbocycles. The van der Waals surface area contributed by atoms with E-state index in [1.165, 1.54) is 4.57 Å². The highest BCUT2D eigenvalue weighted by molar-refractivity contribution is 6.05. The first-order valence-corrected chi connectivity index (χ1v) is 11.4. The molecule has 0 bridgehead atoms. The lowest BCUT2D eigenvalue weighted by Gasteiger charge is -2.37. The molecule has 1 fully saturated rings. The number of hydrogen-bond acceptors (Lipinski definition) is 6. The van der Waals surface area contributed by atoms with E-state index in [-0.39, 0.29) is 23.8 Å². The predicted octanol–water partition coefficient (Wildman–Crippen LogP) is 1.46. The Balaban J connectivity index is 1.53. The van der Waals surface area contributed by atoms with Crippen molar-refractivity contribution in [1.82, 2.24) is 20.2 Å². The Kier molecular flexibility index (Phi) is 4.16. The molecule has 9 heteroatoms. The van der Waals surface area contributed by atoms with Gasteiger partial charge in [0.1, 0.15) is 23.6 Å². The van der Waals surface area contributed by atoms with Crippen molar-refractivity contribution in [1.29, 1.82) is 0 Å². The van der Waals surface area contributed by atoms with Gasteiger partial charge >= 0.3 is 0 Å². The van der Waals surface area contributed by atoms with Gasteiger partial charge in [0.15, 0.2) is 0 Å². The van der Waals surface area contributed by atoms with Gasteiger partial charge in [0.05, 0.1) is 28.2 Å². The topological polar surface area (TPSA) is 117 Å². The fourth-order valence-corrected chi connectivity index (χ4v) is 5.63. The van der Waals surface area contributed by atoms with E-state index in [1.807, 2.05) is 12.1 Å². The second-order valence-electron chi connectivity index (χ2n) is 9.90. The summed E-state index contributed by atoms with van der Waals surface area (Å²) in [6.07, 6.45) is -0.875. The monoisotopic (exact) mass is 459 g/mol. The number of nitrogens with zero attached hydrogens (tertiary/aromatic N) is 3. The van der Waals surface area contributed by atoms with E-state index in [0.717, 1.165) is 0 Å². The minimum absolute atomic E-state index is 0.104. The summed E-state index contributed by atoms with van der Waals surface area (Å²) < 4.78 is 1.41. The maximum Gasteiger partial charge on any atom is 0.262 e. The van der Waals surface area contributed by atoms with Crippen LogP contribution in [0.25, 0.3) is 10.9 Å². The first-order chi connectivity index (χ1) is 16.1. The van der Waals surface area contributed by atoms with Crippen molar-refractivity contribution in [3.8, 4) is 0 Å². The van der Waals surface area contributed by atoms with Crippen molar-refractivity contribution in [3.05, 3.63) is 70.3 Å². The van der Waals surface area contributed by atoms with Crippen LogP contribution in [0.15, 0.2) is 53.3 Å². The van der Waals surface area contributed by atoms with E-state index >= 15 is 0 Å². The molecule has 9 nitrogen and oxygen atoms in total. The number of fused-ring (bicyclic) bond motifs is 5. The molecule has 0 unspecified atom stereocenters. The third-order valence-electron chi connectivity index (χ3n) is 7.29. The number of benzene rings is 2. The summed E-state index contributed by atoms with van der Waals surface area (Å²) in [4.78, 5) is 46.2. The number of aliphatic hydroxyl groups is 1. The normalized spacial score (nSPS) is 29.1. The molecule has 3 aliphatic heterocycles. The van der Waals surface area contributed by atoms with Crippen molar-refractivity contribution in [2.45, 2.75) is 56.6 Å². The molecule has 2 amide bonds. The fraction of sp³-hybridized carbons (Fsp3) is 0.360. The molecule has 174 valence electrons.